The van der Waals surface area contributed by atoms with Crippen molar-refractivity contribution in [2.45, 2.75) is 142 Å². The lowest BCUT2D eigenvalue weighted by atomic mass is 9.46. The second-order valence-electron chi connectivity index (χ2n) is 15.0. The number of ether oxygens (including phenoxy) is 8. The second kappa shape index (κ2) is 14.2. The summed E-state index contributed by atoms with van der Waals surface area (Å²) in [5, 5.41) is 0. The largest absolute Gasteiger partial charge is 0.467 e. The summed E-state index contributed by atoms with van der Waals surface area (Å²) >= 11 is 0. The van der Waals surface area contributed by atoms with Gasteiger partial charge in [0.25, 0.3) is 0 Å². The molecule has 1 aliphatic heterocycles. The molecule has 3 saturated carbocycles. The van der Waals surface area contributed by atoms with Crippen LogP contribution >= 0.6 is 0 Å². The van der Waals surface area contributed by atoms with E-state index in [4.69, 9.17) is 37.9 Å². The van der Waals surface area contributed by atoms with Crippen molar-refractivity contribution in [1.29, 1.82) is 0 Å². The highest BCUT2D eigenvalue weighted by molar-refractivity contribution is 5.77. The predicted octanol–water partition coefficient (Wildman–Crippen LogP) is 3.85. The lowest BCUT2D eigenvalue weighted by Crippen LogP contribution is -2.67. The van der Waals surface area contributed by atoms with Gasteiger partial charge in [-0.3, -0.25) is 24.0 Å². The molecule has 0 aromatic heterocycles. The van der Waals surface area contributed by atoms with Gasteiger partial charge in [-0.1, -0.05) is 25.8 Å². The van der Waals surface area contributed by atoms with E-state index < -0.39 is 84.3 Å². The molecule has 4 unspecified atom stereocenters. The summed E-state index contributed by atoms with van der Waals surface area (Å²) in [7, 11) is 1.11. The Morgan fingerprint density at radius 1 is 0.720 bits per heavy atom. The van der Waals surface area contributed by atoms with Gasteiger partial charge in [0, 0.05) is 47.0 Å². The summed E-state index contributed by atoms with van der Waals surface area (Å²) < 4.78 is 46.8. The Kier molecular flexibility index (Phi) is 10.7. The molecule has 0 aromatic rings. The maximum atomic E-state index is 13.2. The van der Waals surface area contributed by atoms with Gasteiger partial charge in [0.2, 0.25) is 12.1 Å². The Balaban J connectivity index is 1.70. The van der Waals surface area contributed by atoms with Crippen LogP contribution in [0.2, 0.25) is 0 Å². The monoisotopic (exact) mass is 706 g/mol. The number of methoxy groups -OCH3 is 1. The average molecular weight is 707 g/mol. The molecule has 5 aliphatic rings. The van der Waals surface area contributed by atoms with E-state index in [-0.39, 0.29) is 22.7 Å². The lowest BCUT2D eigenvalue weighted by molar-refractivity contribution is -0.371. The van der Waals surface area contributed by atoms with Crippen molar-refractivity contribution in [1.82, 2.24) is 0 Å². The van der Waals surface area contributed by atoms with E-state index in [0.29, 0.717) is 12.8 Å². The summed E-state index contributed by atoms with van der Waals surface area (Å²) in [4.78, 5) is 75.7. The third-order valence-corrected chi connectivity index (χ3v) is 11.6. The fourth-order valence-corrected chi connectivity index (χ4v) is 9.74. The Bertz CT molecular complexity index is 1420. The number of carbonyl (C=O) groups excluding carboxylic acids is 6. The maximum absolute atomic E-state index is 13.2. The molecule has 1 saturated heterocycles. The van der Waals surface area contributed by atoms with E-state index in [1.54, 1.807) is 6.08 Å². The van der Waals surface area contributed by atoms with Crippen LogP contribution in [0.3, 0.4) is 0 Å². The number of rotatable bonds is 8. The van der Waals surface area contributed by atoms with Gasteiger partial charge in [0.05, 0.1) is 7.11 Å². The van der Waals surface area contributed by atoms with E-state index in [9.17, 15) is 28.8 Å². The zero-order chi connectivity index (χ0) is 36.8. The fourth-order valence-electron chi connectivity index (χ4n) is 9.74. The minimum atomic E-state index is -1.82. The standard InChI is InChI=1S/C36H50O14/c1-18(37)44-24-11-15-35(7)23(16-24)17-36(49-22(5)41,27-25-10-9-13-34(25,6)14-12-26(27)35)50-33-31(47-21(4)40)29(46-20(3)39)28(45-19(2)38)30(48-33)32(42)43-8/h17,24-31,33H,9-16H2,1-8H3/t24-,25?,26?,27?,28-,29-,30-,31+,33-,34-,35-,36?/m0/s1. The minimum Gasteiger partial charge on any atom is -0.467 e. The normalized spacial score (nSPS) is 40.4. The number of esters is 6. The van der Waals surface area contributed by atoms with Crippen LogP contribution in [0.1, 0.15) is 99.8 Å². The topological polar surface area (TPSA) is 176 Å². The van der Waals surface area contributed by atoms with Crippen LogP contribution in [-0.4, -0.2) is 85.5 Å². The van der Waals surface area contributed by atoms with Crippen LogP contribution in [-0.2, 0) is 66.7 Å². The van der Waals surface area contributed by atoms with Gasteiger partial charge in [-0.25, -0.2) is 4.79 Å². The molecule has 278 valence electrons. The highest BCUT2D eigenvalue weighted by Gasteiger charge is 2.67. The molecule has 50 heavy (non-hydrogen) atoms. The molecule has 4 fully saturated rings. The lowest BCUT2D eigenvalue weighted by Gasteiger charge is -2.62. The number of hydrogen-bond acceptors (Lipinski definition) is 14. The molecule has 5 rings (SSSR count). The van der Waals surface area contributed by atoms with Crippen LogP contribution in [0.5, 0.6) is 0 Å². The SMILES string of the molecule is COC(=O)[C@H]1O[C@@H](OC2(OC(C)=O)C=C3C[C@@H](OC(C)=O)CC[C@]3(C)C3CC[C@]4(C)CCCC4C32)[C@H](OC(C)=O)[C@@H](OC(C)=O)[C@@H]1OC(C)=O. The first-order valence-electron chi connectivity index (χ1n) is 17.4. The van der Waals surface area contributed by atoms with E-state index >= 15 is 0 Å². The molecule has 0 aromatic carbocycles. The molecule has 0 amide bonds. The smallest absolute Gasteiger partial charge is 0.339 e. The zero-order valence-corrected chi connectivity index (χ0v) is 30.1. The van der Waals surface area contributed by atoms with Crippen LogP contribution in [0.25, 0.3) is 0 Å². The Hall–Kier alpha value is -3.52. The summed E-state index contributed by atoms with van der Waals surface area (Å²) in [6.45, 7) is 10.4. The molecule has 0 bridgehead atoms. The van der Waals surface area contributed by atoms with Gasteiger partial charge in [-0.05, 0) is 67.3 Å². The maximum Gasteiger partial charge on any atom is 0.339 e. The molecular formula is C36H50O14. The number of fused-ring (bicyclic) bond motifs is 5. The van der Waals surface area contributed by atoms with Gasteiger partial charge < -0.3 is 37.9 Å². The van der Waals surface area contributed by atoms with Gasteiger partial charge in [-0.2, -0.15) is 0 Å². The van der Waals surface area contributed by atoms with Crippen LogP contribution < -0.4 is 0 Å². The van der Waals surface area contributed by atoms with Crippen molar-refractivity contribution in [2.24, 2.45) is 28.6 Å². The van der Waals surface area contributed by atoms with Crippen LogP contribution in [0.15, 0.2) is 11.6 Å². The molecule has 1 heterocycles. The first-order valence-corrected chi connectivity index (χ1v) is 17.4. The Labute approximate surface area is 292 Å². The average Bonchev–Trinajstić information content (AvgIpc) is 3.40. The van der Waals surface area contributed by atoms with Gasteiger partial charge in [-0.15, -0.1) is 0 Å². The van der Waals surface area contributed by atoms with Gasteiger partial charge >= 0.3 is 35.8 Å². The van der Waals surface area contributed by atoms with Gasteiger partial charge in [0.1, 0.15) is 6.10 Å². The minimum absolute atomic E-state index is 0.0402. The quantitative estimate of drug-likeness (QED) is 0.154. The number of hydrogen-bond donors (Lipinski definition) is 0. The van der Waals surface area contributed by atoms with E-state index in [0.717, 1.165) is 72.0 Å². The summed E-state index contributed by atoms with van der Waals surface area (Å²) in [6.07, 6.45) is -0.378. The summed E-state index contributed by atoms with van der Waals surface area (Å²) in [6, 6.07) is 0. The van der Waals surface area contributed by atoms with E-state index in [1.165, 1.54) is 13.8 Å². The Morgan fingerprint density at radius 3 is 1.94 bits per heavy atom. The first kappa shape index (κ1) is 37.7. The molecule has 4 aliphatic carbocycles. The molecule has 14 nitrogen and oxygen atoms in total. The van der Waals surface area contributed by atoms with E-state index in [1.807, 2.05) is 0 Å². The first-order chi connectivity index (χ1) is 23.4. The molecule has 0 radical (unpaired) electrons. The Morgan fingerprint density at radius 2 is 1.34 bits per heavy atom. The van der Waals surface area contributed by atoms with Crippen molar-refractivity contribution >= 4 is 35.8 Å². The third kappa shape index (κ3) is 7.15. The zero-order valence-electron chi connectivity index (χ0n) is 30.1. The number of carbonyl (C=O) groups is 6. The molecular weight excluding hydrogens is 656 g/mol. The van der Waals surface area contributed by atoms with E-state index in [2.05, 4.69) is 13.8 Å². The summed E-state index contributed by atoms with van der Waals surface area (Å²) in [5.41, 5.74) is 0.471. The third-order valence-electron chi connectivity index (χ3n) is 11.6. The second-order valence-corrected chi connectivity index (χ2v) is 15.0. The van der Waals surface area contributed by atoms with Crippen molar-refractivity contribution in [3.8, 4) is 0 Å². The van der Waals surface area contributed by atoms with Crippen molar-refractivity contribution in [3.05, 3.63) is 11.6 Å². The molecule has 0 N–H and O–H groups in total. The highest BCUT2D eigenvalue weighted by atomic mass is 16.8. The van der Waals surface area contributed by atoms with Crippen molar-refractivity contribution < 1.29 is 66.7 Å². The van der Waals surface area contributed by atoms with Crippen molar-refractivity contribution in [2.75, 3.05) is 7.11 Å². The molecule has 12 atom stereocenters. The van der Waals surface area contributed by atoms with Crippen LogP contribution in [0, 0.1) is 28.6 Å². The summed E-state index contributed by atoms with van der Waals surface area (Å²) in [5.74, 6) is -6.71. The predicted molar refractivity (Wildman–Crippen MR) is 170 cm³/mol. The molecule has 14 heteroatoms. The molecule has 0 spiro atoms. The van der Waals surface area contributed by atoms with Crippen molar-refractivity contribution in [3.63, 3.8) is 0 Å². The highest BCUT2D eigenvalue weighted by Crippen LogP contribution is 2.68. The van der Waals surface area contributed by atoms with Crippen LogP contribution in [0.4, 0.5) is 0 Å². The van der Waals surface area contributed by atoms with Gasteiger partial charge in [0.15, 0.2) is 24.4 Å². The fraction of sp³-hybridized carbons (Fsp3) is 0.778.